The first-order valence-corrected chi connectivity index (χ1v) is 8.39. The van der Waals surface area contributed by atoms with Gasteiger partial charge in [-0.1, -0.05) is 26.0 Å². The van der Waals surface area contributed by atoms with Gasteiger partial charge in [0.2, 0.25) is 0 Å². The smallest absolute Gasteiger partial charge is 0.127 e. The molecule has 118 valence electrons. The summed E-state index contributed by atoms with van der Waals surface area (Å²) >= 11 is 0. The minimum Gasteiger partial charge on any atom is -0.313 e. The van der Waals surface area contributed by atoms with Gasteiger partial charge in [-0.15, -0.1) is 0 Å². The summed E-state index contributed by atoms with van der Waals surface area (Å²) in [5.74, 6) is -0.0665. The van der Waals surface area contributed by atoms with E-state index in [1.807, 2.05) is 12.1 Å². The third kappa shape index (κ3) is 4.27. The molecule has 2 nitrogen and oxygen atoms in total. The second-order valence-electron chi connectivity index (χ2n) is 6.26. The molecule has 0 aromatic heterocycles. The maximum absolute atomic E-state index is 14.1. The fraction of sp³-hybridized carbons (Fsp3) is 0.667. The van der Waals surface area contributed by atoms with Crippen LogP contribution in [0.4, 0.5) is 4.39 Å². The van der Waals surface area contributed by atoms with E-state index < -0.39 is 0 Å². The first kappa shape index (κ1) is 16.4. The Labute approximate surface area is 128 Å². The lowest BCUT2D eigenvalue weighted by molar-refractivity contribution is 0.187. The van der Waals surface area contributed by atoms with Gasteiger partial charge >= 0.3 is 0 Å². The number of rotatable bonds is 7. The highest BCUT2D eigenvalue weighted by molar-refractivity contribution is 5.25. The van der Waals surface area contributed by atoms with Gasteiger partial charge in [-0.05, 0) is 50.8 Å². The molecule has 1 aromatic rings. The fourth-order valence-electron chi connectivity index (χ4n) is 3.31. The van der Waals surface area contributed by atoms with Crippen molar-refractivity contribution in [2.45, 2.75) is 71.6 Å². The first-order chi connectivity index (χ1) is 10.2. The molecule has 1 aliphatic rings. The van der Waals surface area contributed by atoms with E-state index in [2.05, 4.69) is 31.0 Å². The zero-order chi connectivity index (χ0) is 15.2. The highest BCUT2D eigenvalue weighted by atomic mass is 19.1. The van der Waals surface area contributed by atoms with E-state index in [0.717, 1.165) is 38.0 Å². The van der Waals surface area contributed by atoms with Crippen LogP contribution in [0.1, 0.15) is 57.6 Å². The Morgan fingerprint density at radius 1 is 1.29 bits per heavy atom. The SMILES string of the molecule is CCCNCc1ccc(F)c(CN2C(C)CCC2CC)c1. The summed E-state index contributed by atoms with van der Waals surface area (Å²) in [6.45, 7) is 9.23. The largest absolute Gasteiger partial charge is 0.313 e. The predicted octanol–water partition coefficient (Wildman–Crippen LogP) is 4.09. The Bertz CT molecular complexity index is 447. The molecule has 0 saturated carbocycles. The molecule has 1 fully saturated rings. The summed E-state index contributed by atoms with van der Waals surface area (Å²) in [6, 6.07) is 6.74. The normalized spacial score (nSPS) is 22.9. The Kier molecular flexibility index (Phi) is 6.19. The van der Waals surface area contributed by atoms with Crippen LogP contribution in [0.5, 0.6) is 0 Å². The van der Waals surface area contributed by atoms with Crippen LogP contribution < -0.4 is 5.32 Å². The molecule has 2 unspecified atom stereocenters. The van der Waals surface area contributed by atoms with Crippen molar-refractivity contribution in [3.05, 3.63) is 35.1 Å². The molecule has 2 rings (SSSR count). The summed E-state index contributed by atoms with van der Waals surface area (Å²) in [6.07, 6.45) is 4.76. The highest BCUT2D eigenvalue weighted by Gasteiger charge is 2.29. The first-order valence-electron chi connectivity index (χ1n) is 8.39. The van der Waals surface area contributed by atoms with Crippen molar-refractivity contribution >= 4 is 0 Å². The molecule has 1 saturated heterocycles. The zero-order valence-corrected chi connectivity index (χ0v) is 13.7. The molecule has 2 atom stereocenters. The van der Waals surface area contributed by atoms with Crippen LogP contribution in [-0.2, 0) is 13.1 Å². The second-order valence-corrected chi connectivity index (χ2v) is 6.26. The van der Waals surface area contributed by atoms with Gasteiger partial charge in [0.1, 0.15) is 5.82 Å². The zero-order valence-electron chi connectivity index (χ0n) is 13.7. The number of halogens is 1. The number of likely N-dealkylation sites (tertiary alicyclic amines) is 1. The van der Waals surface area contributed by atoms with Crippen LogP contribution in [0.25, 0.3) is 0 Å². The number of hydrogen-bond donors (Lipinski definition) is 1. The van der Waals surface area contributed by atoms with E-state index in [-0.39, 0.29) is 5.82 Å². The van der Waals surface area contributed by atoms with Gasteiger partial charge in [-0.3, -0.25) is 4.90 Å². The molecule has 1 aliphatic heterocycles. The summed E-state index contributed by atoms with van der Waals surface area (Å²) in [5.41, 5.74) is 2.03. The molecule has 0 amide bonds. The van der Waals surface area contributed by atoms with Gasteiger partial charge in [0.15, 0.2) is 0 Å². The van der Waals surface area contributed by atoms with Crippen LogP contribution in [-0.4, -0.2) is 23.5 Å². The van der Waals surface area contributed by atoms with Crippen LogP contribution in [0, 0.1) is 5.82 Å². The molecule has 0 bridgehead atoms. The molecule has 0 aliphatic carbocycles. The maximum atomic E-state index is 14.1. The van der Waals surface area contributed by atoms with Crippen molar-refractivity contribution < 1.29 is 4.39 Å². The average Bonchev–Trinajstić information content (AvgIpc) is 2.83. The fourth-order valence-corrected chi connectivity index (χ4v) is 3.31. The van der Waals surface area contributed by atoms with Gasteiger partial charge in [0.05, 0.1) is 0 Å². The van der Waals surface area contributed by atoms with Gasteiger partial charge in [-0.25, -0.2) is 4.39 Å². The Hall–Kier alpha value is -0.930. The third-order valence-electron chi connectivity index (χ3n) is 4.64. The van der Waals surface area contributed by atoms with Crippen molar-refractivity contribution in [2.75, 3.05) is 6.54 Å². The molecular weight excluding hydrogens is 263 g/mol. The van der Waals surface area contributed by atoms with Crippen LogP contribution in [0.3, 0.4) is 0 Å². The van der Waals surface area contributed by atoms with E-state index in [9.17, 15) is 4.39 Å². The Balaban J connectivity index is 2.06. The monoisotopic (exact) mass is 292 g/mol. The van der Waals surface area contributed by atoms with Crippen molar-refractivity contribution in [2.24, 2.45) is 0 Å². The van der Waals surface area contributed by atoms with Gasteiger partial charge < -0.3 is 5.32 Å². The summed E-state index contributed by atoms with van der Waals surface area (Å²) in [7, 11) is 0. The molecule has 3 heteroatoms. The van der Waals surface area contributed by atoms with E-state index in [0.29, 0.717) is 12.1 Å². The summed E-state index contributed by atoms with van der Waals surface area (Å²) < 4.78 is 14.1. The minimum absolute atomic E-state index is 0.0665. The molecule has 0 radical (unpaired) electrons. The minimum atomic E-state index is -0.0665. The van der Waals surface area contributed by atoms with E-state index >= 15 is 0 Å². The van der Waals surface area contributed by atoms with Crippen molar-refractivity contribution in [1.82, 2.24) is 10.2 Å². The maximum Gasteiger partial charge on any atom is 0.127 e. The lowest BCUT2D eigenvalue weighted by Crippen LogP contribution is -2.33. The molecule has 0 spiro atoms. The molecule has 21 heavy (non-hydrogen) atoms. The Morgan fingerprint density at radius 2 is 2.10 bits per heavy atom. The van der Waals surface area contributed by atoms with Crippen LogP contribution in [0.15, 0.2) is 18.2 Å². The van der Waals surface area contributed by atoms with Crippen molar-refractivity contribution in [3.8, 4) is 0 Å². The summed E-state index contributed by atoms with van der Waals surface area (Å²) in [4.78, 5) is 2.47. The second kappa shape index (κ2) is 7.90. The van der Waals surface area contributed by atoms with Crippen LogP contribution >= 0.6 is 0 Å². The lowest BCUT2D eigenvalue weighted by atomic mass is 10.1. The summed E-state index contributed by atoms with van der Waals surface area (Å²) in [5, 5.41) is 3.38. The van der Waals surface area contributed by atoms with Crippen LogP contribution in [0.2, 0.25) is 0 Å². The van der Waals surface area contributed by atoms with Crippen molar-refractivity contribution in [1.29, 1.82) is 0 Å². The van der Waals surface area contributed by atoms with Gasteiger partial charge in [0, 0.05) is 30.7 Å². The quantitative estimate of drug-likeness (QED) is 0.762. The van der Waals surface area contributed by atoms with E-state index in [1.54, 1.807) is 6.07 Å². The topological polar surface area (TPSA) is 15.3 Å². The average molecular weight is 292 g/mol. The number of nitrogens with zero attached hydrogens (tertiary/aromatic N) is 1. The number of benzene rings is 1. The highest BCUT2D eigenvalue weighted by Crippen LogP contribution is 2.28. The lowest BCUT2D eigenvalue weighted by Gasteiger charge is -2.28. The van der Waals surface area contributed by atoms with E-state index in [4.69, 9.17) is 0 Å². The predicted molar refractivity (Wildman–Crippen MR) is 86.7 cm³/mol. The molecule has 1 heterocycles. The third-order valence-corrected chi connectivity index (χ3v) is 4.64. The number of nitrogens with one attached hydrogen (secondary N) is 1. The molecule has 1 aromatic carbocycles. The molecule has 1 N–H and O–H groups in total. The van der Waals surface area contributed by atoms with Gasteiger partial charge in [0.25, 0.3) is 0 Å². The molecular formula is C18H29FN2. The standard InChI is InChI=1S/C18H29FN2/c1-4-10-20-12-15-7-9-18(19)16(11-15)13-21-14(3)6-8-17(21)5-2/h7,9,11,14,17,20H,4-6,8,10,12-13H2,1-3H3. The Morgan fingerprint density at radius 3 is 2.81 bits per heavy atom. The number of hydrogen-bond acceptors (Lipinski definition) is 2. The van der Waals surface area contributed by atoms with Gasteiger partial charge in [-0.2, -0.15) is 0 Å². The van der Waals surface area contributed by atoms with E-state index in [1.165, 1.54) is 18.4 Å². The van der Waals surface area contributed by atoms with Crippen molar-refractivity contribution in [3.63, 3.8) is 0 Å².